The van der Waals surface area contributed by atoms with Crippen LogP contribution in [0.15, 0.2) is 69.9 Å². The molecule has 0 aliphatic carbocycles. The number of hydrogen-bond acceptors (Lipinski definition) is 5. The molecule has 33 heavy (non-hydrogen) atoms. The van der Waals surface area contributed by atoms with E-state index in [1.165, 1.54) is 11.3 Å². The summed E-state index contributed by atoms with van der Waals surface area (Å²) < 4.78 is 7.07. The van der Waals surface area contributed by atoms with Gasteiger partial charge in [0.1, 0.15) is 5.58 Å². The number of rotatable bonds is 2. The molecule has 162 valence electrons. The third-order valence-electron chi connectivity index (χ3n) is 6.17. The highest BCUT2D eigenvalue weighted by molar-refractivity contribution is 7.22. The van der Waals surface area contributed by atoms with Crippen LogP contribution >= 0.6 is 11.3 Å². The molecule has 0 bridgehead atoms. The lowest BCUT2D eigenvalue weighted by atomic mass is 9.98. The van der Waals surface area contributed by atoms with E-state index in [4.69, 9.17) is 9.40 Å². The predicted octanol–water partition coefficient (Wildman–Crippen LogP) is 6.08. The normalized spacial score (nSPS) is 15.5. The van der Waals surface area contributed by atoms with E-state index in [1.54, 1.807) is 11.0 Å². The number of carbonyl (C=O) groups is 1. The monoisotopic (exact) mass is 452 g/mol. The fraction of sp³-hybridized carbons (Fsp3) is 0.148. The summed E-state index contributed by atoms with van der Waals surface area (Å²) in [5.41, 5.74) is 5.50. The van der Waals surface area contributed by atoms with E-state index >= 15 is 0 Å². The quantitative estimate of drug-likeness (QED) is 0.326. The molecule has 5 aromatic rings. The number of amides is 1. The Morgan fingerprint density at radius 2 is 1.73 bits per heavy atom. The zero-order chi connectivity index (χ0) is 22.9. The predicted molar refractivity (Wildman–Crippen MR) is 131 cm³/mol. The molecule has 1 atom stereocenters. The van der Waals surface area contributed by atoms with Crippen LogP contribution in [0.3, 0.4) is 0 Å². The van der Waals surface area contributed by atoms with Crippen molar-refractivity contribution in [2.24, 2.45) is 0 Å². The van der Waals surface area contributed by atoms with Gasteiger partial charge in [-0.3, -0.25) is 14.5 Å². The molecule has 1 aliphatic rings. The molecule has 3 aromatic carbocycles. The van der Waals surface area contributed by atoms with Gasteiger partial charge in [0, 0.05) is 0 Å². The van der Waals surface area contributed by atoms with Gasteiger partial charge in [0.25, 0.3) is 5.91 Å². The molecule has 0 unspecified atom stereocenters. The molecule has 0 radical (unpaired) electrons. The van der Waals surface area contributed by atoms with Gasteiger partial charge >= 0.3 is 0 Å². The topological polar surface area (TPSA) is 63.4 Å². The average Bonchev–Trinajstić information content (AvgIpc) is 3.34. The lowest BCUT2D eigenvalue weighted by Gasteiger charge is -2.22. The summed E-state index contributed by atoms with van der Waals surface area (Å²) in [7, 11) is 0. The third-order valence-corrected chi connectivity index (χ3v) is 7.17. The van der Waals surface area contributed by atoms with Crippen molar-refractivity contribution in [3.63, 3.8) is 0 Å². The summed E-state index contributed by atoms with van der Waals surface area (Å²) in [5, 5.41) is 1.05. The van der Waals surface area contributed by atoms with Crippen LogP contribution in [0.25, 0.3) is 21.2 Å². The first-order chi connectivity index (χ1) is 15.9. The van der Waals surface area contributed by atoms with Crippen molar-refractivity contribution in [3.8, 4) is 0 Å². The maximum atomic E-state index is 13.7. The van der Waals surface area contributed by atoms with E-state index in [0.717, 1.165) is 32.5 Å². The van der Waals surface area contributed by atoms with Gasteiger partial charge in [0.15, 0.2) is 10.6 Å². The summed E-state index contributed by atoms with van der Waals surface area (Å²) in [4.78, 5) is 33.9. The summed E-state index contributed by atoms with van der Waals surface area (Å²) in [5.74, 6) is -0.246. The minimum absolute atomic E-state index is 0.0948. The summed E-state index contributed by atoms with van der Waals surface area (Å²) in [6.07, 6.45) is 0. The van der Waals surface area contributed by atoms with Crippen LogP contribution in [0.5, 0.6) is 0 Å². The second-order valence-electron chi connectivity index (χ2n) is 8.59. The van der Waals surface area contributed by atoms with Crippen LogP contribution in [0.4, 0.5) is 5.13 Å². The van der Waals surface area contributed by atoms with Gasteiger partial charge in [-0.1, -0.05) is 59.4 Å². The number of aromatic nitrogens is 1. The van der Waals surface area contributed by atoms with Crippen LogP contribution in [0.1, 0.15) is 44.4 Å². The Hall–Kier alpha value is -3.77. The van der Waals surface area contributed by atoms with Crippen molar-refractivity contribution < 1.29 is 9.21 Å². The molecule has 3 heterocycles. The van der Waals surface area contributed by atoms with E-state index in [0.29, 0.717) is 21.7 Å². The van der Waals surface area contributed by atoms with Crippen LogP contribution in [0.2, 0.25) is 0 Å². The Morgan fingerprint density at radius 1 is 0.939 bits per heavy atom. The Bertz CT molecular complexity index is 1650. The lowest BCUT2D eigenvalue weighted by molar-refractivity contribution is 0.0971. The minimum Gasteiger partial charge on any atom is -0.450 e. The van der Waals surface area contributed by atoms with E-state index in [1.807, 2.05) is 63.2 Å². The van der Waals surface area contributed by atoms with Crippen LogP contribution in [-0.2, 0) is 0 Å². The number of thiazole rings is 1. The van der Waals surface area contributed by atoms with Crippen molar-refractivity contribution in [1.82, 2.24) is 4.98 Å². The molecule has 6 heteroatoms. The van der Waals surface area contributed by atoms with Gasteiger partial charge in [0.05, 0.1) is 27.2 Å². The summed E-state index contributed by atoms with van der Waals surface area (Å²) in [6, 6.07) is 18.6. The first kappa shape index (κ1) is 19.9. The second kappa shape index (κ2) is 7.12. The zero-order valence-corrected chi connectivity index (χ0v) is 19.2. The SMILES string of the molecule is Cc1cc(C)c2nc(N3C(=O)c4oc5ccc(C)cc5c(=O)c4[C@@H]3c3ccccc3)sc2c1. The molecular weight excluding hydrogens is 432 g/mol. The first-order valence-corrected chi connectivity index (χ1v) is 11.6. The highest BCUT2D eigenvalue weighted by atomic mass is 32.1. The van der Waals surface area contributed by atoms with Crippen LogP contribution in [0, 0.1) is 20.8 Å². The van der Waals surface area contributed by atoms with Crippen molar-refractivity contribution in [2.75, 3.05) is 4.90 Å². The van der Waals surface area contributed by atoms with Gasteiger partial charge in [-0.05, 0) is 55.7 Å². The van der Waals surface area contributed by atoms with Crippen molar-refractivity contribution in [3.05, 3.63) is 104 Å². The van der Waals surface area contributed by atoms with Crippen LogP contribution < -0.4 is 10.3 Å². The molecule has 1 amide bonds. The Balaban J connectivity index is 1.65. The molecule has 5 nitrogen and oxygen atoms in total. The van der Waals surface area contributed by atoms with Gasteiger partial charge in [-0.25, -0.2) is 4.98 Å². The fourth-order valence-corrected chi connectivity index (χ4v) is 5.87. The molecular formula is C27H20N2O3S. The Kier molecular flexibility index (Phi) is 4.29. The van der Waals surface area contributed by atoms with Gasteiger partial charge in [-0.15, -0.1) is 0 Å². The van der Waals surface area contributed by atoms with E-state index in [-0.39, 0.29) is 17.1 Å². The molecule has 6 rings (SSSR count). The number of carbonyl (C=O) groups excluding carboxylic acids is 1. The number of nitrogens with zero attached hydrogens (tertiary/aromatic N) is 2. The van der Waals surface area contributed by atoms with Crippen molar-refractivity contribution >= 4 is 43.6 Å². The Morgan fingerprint density at radius 3 is 2.52 bits per heavy atom. The zero-order valence-electron chi connectivity index (χ0n) is 18.4. The number of anilines is 1. The number of benzene rings is 3. The standard InChI is InChI=1S/C27H20N2O3S/c1-14-9-10-19-18(12-14)24(30)21-23(17-7-5-4-6-8-17)29(26(31)25(21)32-19)27-28-22-16(3)11-15(2)13-20(22)33-27/h4-13,23H,1-3H3/t23-/m0/s1. The number of fused-ring (bicyclic) bond motifs is 3. The van der Waals surface area contributed by atoms with Crippen molar-refractivity contribution in [1.29, 1.82) is 0 Å². The maximum Gasteiger partial charge on any atom is 0.297 e. The Labute approximate surface area is 193 Å². The summed E-state index contributed by atoms with van der Waals surface area (Å²) in [6.45, 7) is 6.00. The second-order valence-corrected chi connectivity index (χ2v) is 9.60. The van der Waals surface area contributed by atoms with Gasteiger partial charge in [-0.2, -0.15) is 0 Å². The van der Waals surface area contributed by atoms with E-state index in [9.17, 15) is 9.59 Å². The molecule has 0 N–H and O–H groups in total. The van der Waals surface area contributed by atoms with E-state index < -0.39 is 6.04 Å². The first-order valence-electron chi connectivity index (χ1n) is 10.8. The van der Waals surface area contributed by atoms with Crippen molar-refractivity contribution in [2.45, 2.75) is 26.8 Å². The van der Waals surface area contributed by atoms with Gasteiger partial charge in [0.2, 0.25) is 5.76 Å². The maximum absolute atomic E-state index is 13.7. The molecule has 0 saturated carbocycles. The van der Waals surface area contributed by atoms with E-state index in [2.05, 4.69) is 12.1 Å². The molecule has 0 saturated heterocycles. The summed E-state index contributed by atoms with van der Waals surface area (Å²) >= 11 is 1.46. The number of hydrogen-bond donors (Lipinski definition) is 0. The highest BCUT2D eigenvalue weighted by Gasteiger charge is 2.45. The third kappa shape index (κ3) is 2.94. The molecule has 1 aliphatic heterocycles. The molecule has 0 spiro atoms. The fourth-order valence-electron chi connectivity index (χ4n) is 4.70. The van der Waals surface area contributed by atoms with Gasteiger partial charge < -0.3 is 4.42 Å². The smallest absolute Gasteiger partial charge is 0.297 e. The largest absolute Gasteiger partial charge is 0.450 e. The number of aryl methyl sites for hydroxylation is 3. The van der Waals surface area contributed by atoms with Crippen LogP contribution in [-0.4, -0.2) is 10.9 Å². The molecule has 0 fully saturated rings. The average molecular weight is 453 g/mol. The molecule has 2 aromatic heterocycles. The highest BCUT2D eigenvalue weighted by Crippen LogP contribution is 2.44. The minimum atomic E-state index is -0.600. The lowest BCUT2D eigenvalue weighted by Crippen LogP contribution is -2.29.